The number of nitrogens with one attached hydrogen (secondary N) is 1. The van der Waals surface area contributed by atoms with E-state index in [1.807, 2.05) is 6.07 Å². The first-order valence-corrected chi connectivity index (χ1v) is 9.99. The highest BCUT2D eigenvalue weighted by molar-refractivity contribution is 7.89. The molecule has 1 fully saturated rings. The molecule has 5 nitrogen and oxygen atoms in total. The van der Waals surface area contributed by atoms with E-state index in [9.17, 15) is 17.6 Å². The van der Waals surface area contributed by atoms with Crippen LogP contribution in [0.25, 0.3) is 0 Å². The van der Waals surface area contributed by atoms with Gasteiger partial charge in [-0.05, 0) is 54.8 Å². The van der Waals surface area contributed by atoms with Gasteiger partial charge in [-0.3, -0.25) is 4.79 Å². The summed E-state index contributed by atoms with van der Waals surface area (Å²) in [5.74, 6) is -0.866. The highest BCUT2D eigenvalue weighted by Crippen LogP contribution is 2.26. The normalized spacial score (nSPS) is 18.0. The monoisotopic (exact) mass is 396 g/mol. The zero-order valence-electron chi connectivity index (χ0n) is 13.9. The number of amides is 1. The molecule has 1 atom stereocenters. The highest BCUT2D eigenvalue weighted by atomic mass is 35.5. The molecule has 1 amide bonds. The van der Waals surface area contributed by atoms with Crippen molar-refractivity contribution in [1.82, 2.24) is 9.62 Å². The summed E-state index contributed by atoms with van der Waals surface area (Å²) in [5.41, 5.74) is 0.830. The highest BCUT2D eigenvalue weighted by Gasteiger charge is 2.39. The third-order valence-electron chi connectivity index (χ3n) is 4.28. The van der Waals surface area contributed by atoms with Crippen LogP contribution in [0.15, 0.2) is 53.4 Å². The van der Waals surface area contributed by atoms with Gasteiger partial charge in [-0.15, -0.1) is 0 Å². The van der Waals surface area contributed by atoms with Crippen LogP contribution in [0.3, 0.4) is 0 Å². The van der Waals surface area contributed by atoms with Crippen LogP contribution in [0.4, 0.5) is 4.39 Å². The first-order valence-electron chi connectivity index (χ1n) is 8.17. The number of hydrogen-bond donors (Lipinski definition) is 1. The van der Waals surface area contributed by atoms with Crippen LogP contribution in [0, 0.1) is 5.82 Å². The van der Waals surface area contributed by atoms with Crippen LogP contribution in [0.5, 0.6) is 0 Å². The summed E-state index contributed by atoms with van der Waals surface area (Å²) < 4.78 is 39.8. The summed E-state index contributed by atoms with van der Waals surface area (Å²) in [6, 6.07) is 10.9. The van der Waals surface area contributed by atoms with Crippen molar-refractivity contribution in [2.75, 3.05) is 6.54 Å². The molecule has 1 aliphatic rings. The molecule has 8 heteroatoms. The van der Waals surface area contributed by atoms with Crippen molar-refractivity contribution in [3.63, 3.8) is 0 Å². The quantitative estimate of drug-likeness (QED) is 0.845. The Kier molecular flexibility index (Phi) is 5.60. The van der Waals surface area contributed by atoms with Gasteiger partial charge < -0.3 is 5.32 Å². The lowest BCUT2D eigenvalue weighted by Gasteiger charge is -2.23. The summed E-state index contributed by atoms with van der Waals surface area (Å²) >= 11 is 5.92. The van der Waals surface area contributed by atoms with E-state index < -0.39 is 21.9 Å². The molecule has 0 saturated carbocycles. The molecule has 1 N–H and O–H groups in total. The van der Waals surface area contributed by atoms with Gasteiger partial charge in [-0.1, -0.05) is 23.7 Å². The van der Waals surface area contributed by atoms with Crippen molar-refractivity contribution >= 4 is 27.5 Å². The van der Waals surface area contributed by atoms with Crippen LogP contribution in [-0.2, 0) is 21.4 Å². The lowest BCUT2D eigenvalue weighted by atomic mass is 10.2. The van der Waals surface area contributed by atoms with E-state index in [4.69, 9.17) is 11.6 Å². The Labute approximate surface area is 156 Å². The standard InChI is InChI=1S/C18H18ClFN2O3S/c19-14-4-1-3-13(11-14)12-21-18(23)17-5-2-10-22(17)26(24,25)16-8-6-15(20)7-9-16/h1,3-4,6-9,11,17H,2,5,10,12H2,(H,21,23)/t17-/m1/s1. The molecule has 0 bridgehead atoms. The maximum absolute atomic E-state index is 13.1. The molecule has 0 aromatic heterocycles. The van der Waals surface area contributed by atoms with Crippen LogP contribution in [-0.4, -0.2) is 31.2 Å². The lowest BCUT2D eigenvalue weighted by Crippen LogP contribution is -2.45. The minimum atomic E-state index is -3.85. The number of halogens is 2. The molecule has 2 aromatic carbocycles. The van der Waals surface area contributed by atoms with E-state index >= 15 is 0 Å². The van der Waals surface area contributed by atoms with Gasteiger partial charge in [0.1, 0.15) is 11.9 Å². The van der Waals surface area contributed by atoms with Crippen molar-refractivity contribution in [2.45, 2.75) is 30.3 Å². The maximum atomic E-state index is 13.1. The molecule has 138 valence electrons. The zero-order chi connectivity index (χ0) is 18.7. The summed E-state index contributed by atoms with van der Waals surface area (Å²) in [7, 11) is -3.85. The summed E-state index contributed by atoms with van der Waals surface area (Å²) in [5, 5.41) is 3.33. The molecule has 0 aliphatic carbocycles. The fourth-order valence-corrected chi connectivity index (χ4v) is 4.86. The molecular weight excluding hydrogens is 379 g/mol. The van der Waals surface area contributed by atoms with Crippen LogP contribution < -0.4 is 5.32 Å². The van der Waals surface area contributed by atoms with Crippen LogP contribution >= 0.6 is 11.6 Å². The van der Waals surface area contributed by atoms with Gasteiger partial charge >= 0.3 is 0 Å². The van der Waals surface area contributed by atoms with Crippen LogP contribution in [0.1, 0.15) is 18.4 Å². The van der Waals surface area contributed by atoms with Crippen molar-refractivity contribution < 1.29 is 17.6 Å². The Morgan fingerprint density at radius 1 is 1.23 bits per heavy atom. The second-order valence-corrected chi connectivity index (χ2v) is 8.40. The first kappa shape index (κ1) is 18.8. The number of rotatable bonds is 5. The molecule has 2 aromatic rings. The molecule has 1 aliphatic heterocycles. The van der Waals surface area contributed by atoms with E-state index in [2.05, 4.69) is 5.32 Å². The second kappa shape index (κ2) is 7.73. The second-order valence-electron chi connectivity index (χ2n) is 6.08. The predicted molar refractivity (Wildman–Crippen MR) is 96.6 cm³/mol. The van der Waals surface area contributed by atoms with E-state index in [-0.39, 0.29) is 23.9 Å². The number of carbonyl (C=O) groups excluding carboxylic acids is 1. The van der Waals surface area contributed by atoms with E-state index in [0.29, 0.717) is 17.9 Å². The van der Waals surface area contributed by atoms with E-state index in [1.54, 1.807) is 18.2 Å². The van der Waals surface area contributed by atoms with Gasteiger partial charge in [0, 0.05) is 18.1 Å². The predicted octanol–water partition coefficient (Wildman–Crippen LogP) is 2.95. The number of sulfonamides is 1. The number of carbonyl (C=O) groups is 1. The molecule has 0 spiro atoms. The number of benzene rings is 2. The average Bonchev–Trinajstić information content (AvgIpc) is 3.11. The topological polar surface area (TPSA) is 66.5 Å². The zero-order valence-corrected chi connectivity index (χ0v) is 15.4. The fraction of sp³-hybridized carbons (Fsp3) is 0.278. The molecular formula is C18H18ClFN2O3S. The summed E-state index contributed by atoms with van der Waals surface area (Å²) in [4.78, 5) is 12.5. The Morgan fingerprint density at radius 3 is 2.65 bits per heavy atom. The van der Waals surface area contributed by atoms with E-state index in [0.717, 1.165) is 17.7 Å². The lowest BCUT2D eigenvalue weighted by molar-refractivity contribution is -0.124. The Hall–Kier alpha value is -1.96. The molecule has 0 unspecified atom stereocenters. The SMILES string of the molecule is O=C(NCc1cccc(Cl)c1)[C@H]1CCCN1S(=O)(=O)c1ccc(F)cc1. The van der Waals surface area contributed by atoms with Gasteiger partial charge in [0.2, 0.25) is 15.9 Å². The summed E-state index contributed by atoms with van der Waals surface area (Å²) in [6.45, 7) is 0.523. The van der Waals surface area contributed by atoms with Crippen LogP contribution in [0.2, 0.25) is 5.02 Å². The fourth-order valence-electron chi connectivity index (χ4n) is 2.99. The van der Waals surface area contributed by atoms with Crippen molar-refractivity contribution in [1.29, 1.82) is 0 Å². The molecule has 3 rings (SSSR count). The largest absolute Gasteiger partial charge is 0.351 e. The Bertz CT molecular complexity index is 903. The van der Waals surface area contributed by atoms with Crippen molar-refractivity contribution in [3.05, 3.63) is 64.9 Å². The molecule has 26 heavy (non-hydrogen) atoms. The Morgan fingerprint density at radius 2 is 1.96 bits per heavy atom. The average molecular weight is 397 g/mol. The maximum Gasteiger partial charge on any atom is 0.243 e. The smallest absolute Gasteiger partial charge is 0.243 e. The number of hydrogen-bond acceptors (Lipinski definition) is 3. The van der Waals surface area contributed by atoms with Gasteiger partial charge in [0.05, 0.1) is 4.90 Å². The third kappa shape index (κ3) is 4.06. The minimum Gasteiger partial charge on any atom is -0.351 e. The van der Waals surface area contributed by atoms with Gasteiger partial charge in [-0.2, -0.15) is 4.31 Å². The first-order chi connectivity index (χ1) is 12.4. The molecule has 1 saturated heterocycles. The van der Waals surface area contributed by atoms with E-state index in [1.165, 1.54) is 16.4 Å². The minimum absolute atomic E-state index is 0.0200. The van der Waals surface area contributed by atoms with Crippen molar-refractivity contribution in [3.8, 4) is 0 Å². The number of nitrogens with zero attached hydrogens (tertiary/aromatic N) is 1. The van der Waals surface area contributed by atoms with Gasteiger partial charge in [-0.25, -0.2) is 12.8 Å². The molecule has 0 radical (unpaired) electrons. The van der Waals surface area contributed by atoms with Crippen molar-refractivity contribution in [2.24, 2.45) is 0 Å². The van der Waals surface area contributed by atoms with Gasteiger partial charge in [0.25, 0.3) is 0 Å². The molecule has 1 heterocycles. The van der Waals surface area contributed by atoms with Gasteiger partial charge in [0.15, 0.2) is 0 Å². The summed E-state index contributed by atoms with van der Waals surface area (Å²) in [6.07, 6.45) is 1.04. The Balaban J connectivity index is 1.72. The third-order valence-corrected chi connectivity index (χ3v) is 6.44.